The highest BCUT2D eigenvalue weighted by Crippen LogP contribution is 2.16. The number of nitrogens with zero attached hydrogens (tertiary/aromatic N) is 1. The molecule has 16 heavy (non-hydrogen) atoms. The molecule has 1 unspecified atom stereocenters. The summed E-state index contributed by atoms with van der Waals surface area (Å²) >= 11 is 0. The Bertz CT molecular complexity index is 339. The number of sulfone groups is 1. The summed E-state index contributed by atoms with van der Waals surface area (Å²) in [6, 6.07) is 0.120. The van der Waals surface area contributed by atoms with Crippen LogP contribution in [0.25, 0.3) is 0 Å². The summed E-state index contributed by atoms with van der Waals surface area (Å²) in [5, 5.41) is 8.47. The second kappa shape index (κ2) is 5.63. The highest BCUT2D eigenvalue weighted by atomic mass is 32.2. The molecule has 0 aromatic rings. The number of rotatable bonds is 6. The molecule has 0 aromatic carbocycles. The molecule has 1 N–H and O–H groups in total. The van der Waals surface area contributed by atoms with Gasteiger partial charge in [0.25, 0.3) is 0 Å². The van der Waals surface area contributed by atoms with Crippen LogP contribution in [0.15, 0.2) is 0 Å². The Morgan fingerprint density at radius 2 is 2.12 bits per heavy atom. The van der Waals surface area contributed by atoms with E-state index in [0.29, 0.717) is 12.8 Å². The maximum absolute atomic E-state index is 11.3. The minimum Gasteiger partial charge on any atom is -0.481 e. The minimum atomic E-state index is -2.82. The first kappa shape index (κ1) is 13.4. The number of carboxylic acid groups (broad SMARTS) is 1. The summed E-state index contributed by atoms with van der Waals surface area (Å²) in [4.78, 5) is 12.3. The maximum atomic E-state index is 11.3. The van der Waals surface area contributed by atoms with Gasteiger partial charge < -0.3 is 10.0 Å². The van der Waals surface area contributed by atoms with Crippen molar-refractivity contribution in [1.29, 1.82) is 0 Å². The molecular weight excluding hydrogens is 230 g/mol. The Morgan fingerprint density at radius 3 is 2.62 bits per heavy atom. The smallest absolute Gasteiger partial charge is 0.303 e. The second-order valence-corrected chi connectivity index (χ2v) is 6.62. The van der Waals surface area contributed by atoms with Gasteiger partial charge in [0.15, 0.2) is 9.84 Å². The third-order valence-corrected chi connectivity index (χ3v) is 4.73. The Kier molecular flexibility index (Phi) is 4.73. The van der Waals surface area contributed by atoms with E-state index >= 15 is 0 Å². The monoisotopic (exact) mass is 249 g/mol. The fraction of sp³-hybridized carbons (Fsp3) is 0.900. The van der Waals surface area contributed by atoms with E-state index in [4.69, 9.17) is 5.11 Å². The Hall–Kier alpha value is -0.620. The van der Waals surface area contributed by atoms with Gasteiger partial charge in [0, 0.05) is 12.5 Å². The average Bonchev–Trinajstić information content (AvgIpc) is 2.53. The van der Waals surface area contributed by atoms with Crippen molar-refractivity contribution < 1.29 is 18.3 Å². The van der Waals surface area contributed by atoms with E-state index in [-0.39, 0.29) is 24.0 Å². The zero-order valence-electron chi connectivity index (χ0n) is 9.55. The van der Waals surface area contributed by atoms with Crippen LogP contribution in [0.5, 0.6) is 0 Å². The van der Waals surface area contributed by atoms with Gasteiger partial charge in [-0.2, -0.15) is 0 Å². The molecule has 0 spiro atoms. The van der Waals surface area contributed by atoms with Crippen LogP contribution in [-0.4, -0.2) is 55.5 Å². The van der Waals surface area contributed by atoms with Crippen molar-refractivity contribution in [2.24, 2.45) is 0 Å². The third-order valence-electron chi connectivity index (χ3n) is 2.98. The highest BCUT2D eigenvalue weighted by molar-refractivity contribution is 7.91. The van der Waals surface area contributed by atoms with E-state index in [2.05, 4.69) is 0 Å². The molecule has 0 bridgehead atoms. The van der Waals surface area contributed by atoms with E-state index in [0.717, 1.165) is 13.0 Å². The molecule has 0 radical (unpaired) electrons. The van der Waals surface area contributed by atoms with Gasteiger partial charge in [0.05, 0.1) is 11.5 Å². The first-order valence-electron chi connectivity index (χ1n) is 5.53. The summed E-state index contributed by atoms with van der Waals surface area (Å²) in [5.41, 5.74) is 0. The summed E-state index contributed by atoms with van der Waals surface area (Å²) in [5.74, 6) is -0.231. The fourth-order valence-corrected chi connectivity index (χ4v) is 3.75. The van der Waals surface area contributed by atoms with E-state index in [1.807, 2.05) is 11.9 Å². The van der Waals surface area contributed by atoms with Crippen molar-refractivity contribution in [2.45, 2.75) is 31.7 Å². The van der Waals surface area contributed by atoms with Gasteiger partial charge in [-0.05, 0) is 32.9 Å². The number of hydrogen-bond acceptors (Lipinski definition) is 4. The fourth-order valence-electron chi connectivity index (χ4n) is 1.94. The van der Waals surface area contributed by atoms with Crippen LogP contribution >= 0.6 is 0 Å². The lowest BCUT2D eigenvalue weighted by atomic mass is 10.2. The number of unbranched alkanes of at least 4 members (excludes halogenated alkanes) is 1. The molecule has 1 saturated heterocycles. The summed E-state index contributed by atoms with van der Waals surface area (Å²) < 4.78 is 22.5. The van der Waals surface area contributed by atoms with Gasteiger partial charge in [0.1, 0.15) is 0 Å². The SMILES string of the molecule is CN(CCCCC(=O)O)C1CCS(=O)(=O)C1. The topological polar surface area (TPSA) is 74.7 Å². The zero-order valence-corrected chi connectivity index (χ0v) is 10.4. The van der Waals surface area contributed by atoms with E-state index in [1.54, 1.807) is 0 Å². The number of carboxylic acids is 1. The standard InChI is InChI=1S/C10H19NO4S/c1-11(6-3-2-4-10(12)13)9-5-7-16(14,15)8-9/h9H,2-8H2,1H3,(H,12,13). The maximum Gasteiger partial charge on any atom is 0.303 e. The summed E-state index contributed by atoms with van der Waals surface area (Å²) in [6.07, 6.45) is 2.35. The molecule has 1 heterocycles. The molecule has 1 aliphatic rings. The van der Waals surface area contributed by atoms with Crippen LogP contribution in [0.1, 0.15) is 25.7 Å². The van der Waals surface area contributed by atoms with Crippen molar-refractivity contribution in [3.05, 3.63) is 0 Å². The molecule has 0 amide bonds. The van der Waals surface area contributed by atoms with Gasteiger partial charge >= 0.3 is 5.97 Å². The highest BCUT2D eigenvalue weighted by Gasteiger charge is 2.30. The molecule has 1 aliphatic heterocycles. The molecule has 1 rings (SSSR count). The van der Waals surface area contributed by atoms with Crippen molar-refractivity contribution in [1.82, 2.24) is 4.90 Å². The van der Waals surface area contributed by atoms with Crippen molar-refractivity contribution in [2.75, 3.05) is 25.1 Å². The van der Waals surface area contributed by atoms with Gasteiger partial charge in [-0.3, -0.25) is 4.79 Å². The van der Waals surface area contributed by atoms with Crippen molar-refractivity contribution in [3.8, 4) is 0 Å². The Morgan fingerprint density at radius 1 is 1.44 bits per heavy atom. The van der Waals surface area contributed by atoms with Crippen LogP contribution < -0.4 is 0 Å². The Labute approximate surface area is 96.4 Å². The van der Waals surface area contributed by atoms with Crippen LogP contribution in [0.3, 0.4) is 0 Å². The molecule has 5 nitrogen and oxygen atoms in total. The Balaban J connectivity index is 2.21. The molecule has 6 heteroatoms. The summed E-state index contributed by atoms with van der Waals surface area (Å²) in [7, 11) is -0.911. The number of aliphatic carboxylic acids is 1. The molecular formula is C10H19NO4S. The minimum absolute atomic E-state index is 0.120. The number of carbonyl (C=O) groups is 1. The largest absolute Gasteiger partial charge is 0.481 e. The van der Waals surface area contributed by atoms with Gasteiger partial charge in [-0.15, -0.1) is 0 Å². The quantitative estimate of drug-likeness (QED) is 0.688. The van der Waals surface area contributed by atoms with E-state index in [9.17, 15) is 13.2 Å². The zero-order chi connectivity index (χ0) is 12.2. The molecule has 1 atom stereocenters. The van der Waals surface area contributed by atoms with Crippen LogP contribution in [-0.2, 0) is 14.6 Å². The molecule has 0 aliphatic carbocycles. The lowest BCUT2D eigenvalue weighted by Gasteiger charge is -2.22. The van der Waals surface area contributed by atoms with Crippen LogP contribution in [0.2, 0.25) is 0 Å². The van der Waals surface area contributed by atoms with Gasteiger partial charge in [-0.25, -0.2) is 8.42 Å². The normalized spacial score (nSPS) is 23.8. The predicted octanol–water partition coefficient (Wildman–Crippen LogP) is 0.360. The van der Waals surface area contributed by atoms with E-state index in [1.165, 1.54) is 0 Å². The first-order valence-corrected chi connectivity index (χ1v) is 7.35. The molecule has 1 fully saturated rings. The van der Waals surface area contributed by atoms with Crippen molar-refractivity contribution >= 4 is 15.8 Å². The second-order valence-electron chi connectivity index (χ2n) is 4.39. The summed E-state index contributed by atoms with van der Waals surface area (Å²) in [6.45, 7) is 0.771. The van der Waals surface area contributed by atoms with Crippen LogP contribution in [0.4, 0.5) is 0 Å². The van der Waals surface area contributed by atoms with Gasteiger partial charge in [-0.1, -0.05) is 0 Å². The molecule has 0 aromatic heterocycles. The van der Waals surface area contributed by atoms with Crippen LogP contribution in [0, 0.1) is 0 Å². The third kappa shape index (κ3) is 4.49. The lowest BCUT2D eigenvalue weighted by molar-refractivity contribution is -0.137. The first-order chi connectivity index (χ1) is 7.41. The molecule has 0 saturated carbocycles. The average molecular weight is 249 g/mol. The van der Waals surface area contributed by atoms with Crippen molar-refractivity contribution in [3.63, 3.8) is 0 Å². The molecule has 94 valence electrons. The number of hydrogen-bond donors (Lipinski definition) is 1. The van der Waals surface area contributed by atoms with E-state index < -0.39 is 15.8 Å². The lowest BCUT2D eigenvalue weighted by Crippen LogP contribution is -2.33. The predicted molar refractivity (Wildman–Crippen MR) is 61.2 cm³/mol. The van der Waals surface area contributed by atoms with Gasteiger partial charge in [0.2, 0.25) is 0 Å².